The van der Waals surface area contributed by atoms with Gasteiger partial charge in [0.15, 0.2) is 58.6 Å². The normalized spacial score (nSPS) is 20.7. The van der Waals surface area contributed by atoms with Crippen LogP contribution in [-0.4, -0.2) is 143 Å². The van der Waals surface area contributed by atoms with E-state index in [0.717, 1.165) is 61.2 Å². The number of carbonyl (C=O) groups is 6. The Balaban J connectivity index is 0.000000183. The molecule has 26 nitrogen and oxygen atoms in total. The van der Waals surface area contributed by atoms with Crippen molar-refractivity contribution < 1.29 is 75.3 Å². The van der Waals surface area contributed by atoms with E-state index in [4.69, 9.17) is 38.7 Å². The fourth-order valence-corrected chi connectivity index (χ4v) is 13.1. The second-order valence-electron chi connectivity index (χ2n) is 17.0. The molecule has 0 bridgehead atoms. The number of oxime groups is 2. The molecule has 4 aromatic rings. The summed E-state index contributed by atoms with van der Waals surface area (Å²) in [7, 11) is -2.58. The lowest BCUT2D eigenvalue weighted by Gasteiger charge is -2.49. The first-order chi connectivity index (χ1) is 35.8. The average molecular weight is 1130 g/mol. The molecule has 0 radical (unpaired) electrons. The van der Waals surface area contributed by atoms with Crippen molar-refractivity contribution in [2.24, 2.45) is 10.3 Å². The lowest BCUT2D eigenvalue weighted by molar-refractivity contribution is -0.696. The quantitative estimate of drug-likeness (QED) is 0.0226. The number of pyridine rings is 2. The van der Waals surface area contributed by atoms with E-state index in [2.05, 4.69) is 52.2 Å². The zero-order valence-electron chi connectivity index (χ0n) is 39.6. The van der Waals surface area contributed by atoms with Crippen molar-refractivity contribution in [2.45, 2.75) is 74.4 Å². The van der Waals surface area contributed by atoms with Gasteiger partial charge in [0.05, 0.1) is 0 Å². The van der Waals surface area contributed by atoms with E-state index in [0.29, 0.717) is 35.7 Å². The number of aryl methyl sites for hydroxylation is 2. The van der Waals surface area contributed by atoms with Crippen LogP contribution < -0.4 is 31.2 Å². The summed E-state index contributed by atoms with van der Waals surface area (Å²) in [5, 5.41) is 35.3. The van der Waals surface area contributed by atoms with E-state index in [1.54, 1.807) is 10.8 Å². The molecular formula is C44H46N12O14S5. The third-order valence-corrected chi connectivity index (χ3v) is 16.4. The number of nitrogens with one attached hydrogen (secondary N) is 2. The van der Waals surface area contributed by atoms with Gasteiger partial charge in [-0.2, -0.15) is 9.13 Å². The minimum atomic E-state index is -5.17. The van der Waals surface area contributed by atoms with Crippen molar-refractivity contribution in [1.29, 1.82) is 0 Å². The van der Waals surface area contributed by atoms with Crippen molar-refractivity contribution in [1.82, 2.24) is 30.4 Å². The van der Waals surface area contributed by atoms with Crippen LogP contribution in [0.4, 0.5) is 10.3 Å². The second kappa shape index (κ2) is 22.8. The van der Waals surface area contributed by atoms with Crippen LogP contribution in [0.3, 0.4) is 0 Å². The van der Waals surface area contributed by atoms with Crippen molar-refractivity contribution in [3.8, 4) is 0 Å². The molecule has 0 aromatic carbocycles. The van der Waals surface area contributed by atoms with Crippen molar-refractivity contribution in [2.75, 3.05) is 37.2 Å². The molecule has 4 unspecified atom stereocenters. The summed E-state index contributed by atoms with van der Waals surface area (Å²) in [4.78, 5) is 96.5. The Kier molecular flexibility index (Phi) is 16.5. The summed E-state index contributed by atoms with van der Waals surface area (Å²) < 4.78 is 38.2. The summed E-state index contributed by atoms with van der Waals surface area (Å²) in [5.74, 6) is -3.73. The van der Waals surface area contributed by atoms with E-state index in [-0.39, 0.29) is 44.5 Å². The first-order valence-electron chi connectivity index (χ1n) is 22.5. The Morgan fingerprint density at radius 1 is 0.733 bits per heavy atom. The molecule has 0 spiro atoms. The largest absolute Gasteiger partial charge is 0.759 e. The monoisotopic (exact) mass is 1130 g/mol. The number of hydrogen-bond acceptors (Lipinski definition) is 22. The topological polar surface area (TPSA) is 382 Å². The highest BCUT2D eigenvalue weighted by Crippen LogP contribution is 2.42. The summed E-state index contributed by atoms with van der Waals surface area (Å²) in [6.45, 7) is 0.808. The van der Waals surface area contributed by atoms with Crippen LogP contribution in [0.5, 0.6) is 0 Å². The molecule has 2 fully saturated rings. The van der Waals surface area contributed by atoms with Gasteiger partial charge < -0.3 is 51.1 Å². The van der Waals surface area contributed by atoms with Gasteiger partial charge in [0.25, 0.3) is 23.6 Å². The fourth-order valence-electron chi connectivity index (χ4n) is 9.34. The Hall–Kier alpha value is -7.03. The highest BCUT2D eigenvalue weighted by atomic mass is 32.3. The lowest BCUT2D eigenvalue weighted by Crippen LogP contribution is -2.71. The third kappa shape index (κ3) is 11.8. The smallest absolute Gasteiger partial charge is 0.352 e. The number of hydrogen-bond donors (Lipinski definition) is 6. The number of aromatic nitrogens is 4. The van der Waals surface area contributed by atoms with Gasteiger partial charge in [0.1, 0.15) is 59.8 Å². The van der Waals surface area contributed by atoms with Crippen LogP contribution in [-0.2, 0) is 87.6 Å². The van der Waals surface area contributed by atoms with Crippen molar-refractivity contribution >= 4 is 114 Å². The highest BCUT2D eigenvalue weighted by Gasteiger charge is 2.56. The maximum Gasteiger partial charge on any atom is 0.352 e. The summed E-state index contributed by atoms with van der Waals surface area (Å²) in [6, 6.07) is 6.36. The highest BCUT2D eigenvalue weighted by molar-refractivity contribution is 8.00. The first kappa shape index (κ1) is 54.2. The van der Waals surface area contributed by atoms with Crippen LogP contribution in [0.2, 0.25) is 0 Å². The standard InChI is InChI=1S/2C22H22N6O5S2.H2O4S/c2*1-33-26-15(13-10-35-22(23)24-13)18(29)25-16-19(30)28-17(21(31)32)12(9-34-20(16)28)8-27-7-3-5-11-4-2-6-14(11)27;1-5(2,3)4/h2*3,5,7,10,16,20H,2,4,6,8-9H2,1H3,(H3-,23,24,25,29,31,32);(H2,1,2,3,4). The number of carbonyl (C=O) groups excluding carboxylic acids is 4. The number of carboxylic acids is 2. The van der Waals surface area contributed by atoms with Crippen molar-refractivity contribution in [3.63, 3.8) is 0 Å². The molecule has 75 heavy (non-hydrogen) atoms. The molecule has 4 aromatic heterocycles. The molecule has 2 aliphatic carbocycles. The predicted octanol–water partition coefficient (Wildman–Crippen LogP) is -0.756. The van der Waals surface area contributed by atoms with Gasteiger partial charge >= 0.3 is 11.9 Å². The zero-order chi connectivity index (χ0) is 53.9. The van der Waals surface area contributed by atoms with E-state index in [9.17, 15) is 39.0 Å². The van der Waals surface area contributed by atoms with Gasteiger partial charge in [-0.05, 0) is 37.8 Å². The molecule has 8 N–H and O–H groups in total. The van der Waals surface area contributed by atoms with Gasteiger partial charge in [-0.1, -0.05) is 10.3 Å². The maximum absolute atomic E-state index is 13.0. The molecule has 10 rings (SSSR count). The van der Waals surface area contributed by atoms with Crippen molar-refractivity contribution in [3.05, 3.63) is 104 Å². The minimum Gasteiger partial charge on any atom is -0.759 e. The van der Waals surface area contributed by atoms with Crippen LogP contribution in [0.1, 0.15) is 46.7 Å². The molecule has 31 heteroatoms. The number of nitrogen functional groups attached to an aromatic ring is 2. The molecular weight excluding hydrogens is 1080 g/mol. The number of rotatable bonds is 14. The molecule has 0 saturated carbocycles. The number of thioether (sulfide) groups is 2. The molecule has 8 heterocycles. The Bertz CT molecular complexity index is 3030. The van der Waals surface area contributed by atoms with Gasteiger partial charge in [-0.25, -0.2) is 19.6 Å². The number of thiazole rings is 2. The number of fused-ring (bicyclic) bond motifs is 4. The Morgan fingerprint density at radius 2 is 1.12 bits per heavy atom. The van der Waals surface area contributed by atoms with E-state index in [1.165, 1.54) is 70.1 Å². The zero-order valence-corrected chi connectivity index (χ0v) is 43.6. The Morgan fingerprint density at radius 3 is 1.45 bits per heavy atom. The molecule has 4 aliphatic heterocycles. The number of aliphatic carboxylic acids is 2. The lowest BCUT2D eigenvalue weighted by atomic mass is 10.0. The number of β-lactam (4-membered cyclic amide) rings is 2. The number of amides is 4. The van der Waals surface area contributed by atoms with Gasteiger partial charge in [0.2, 0.25) is 0 Å². The summed E-state index contributed by atoms with van der Waals surface area (Å²) in [5.41, 5.74) is 17.8. The summed E-state index contributed by atoms with van der Waals surface area (Å²) in [6.07, 6.45) is 10.0. The molecule has 2 saturated heterocycles. The second-order valence-corrected chi connectivity index (χ2v) is 21.8. The average Bonchev–Trinajstić information content (AvgIpc) is 4.22. The minimum absolute atomic E-state index is 0.00888. The molecule has 396 valence electrons. The van der Waals surface area contributed by atoms with E-state index < -0.39 is 68.8 Å². The summed E-state index contributed by atoms with van der Waals surface area (Å²) >= 11 is 5.13. The molecule has 4 amide bonds. The molecule has 6 aliphatic rings. The van der Waals surface area contributed by atoms with Gasteiger partial charge in [-0.15, -0.1) is 46.2 Å². The fraction of sp³-hybridized carbons (Fsp3) is 0.364. The number of anilines is 2. The SMILES string of the molecule is CON=C(C(=O)NC1C(=O)N2C(C(=O)O)=C(C[n+]3cccc4c3CCC4)CSC12)c1csc(N)n1.CON=C(C(=O)NC1C(=O)N2C(C(=O)O)=C(C[n+]3cccc4c3CCC4)CSC12)c1csc(N)n1.O=S(=O)([O-])[O-]. The van der Waals surface area contributed by atoms with Crippen LogP contribution in [0.25, 0.3) is 0 Å². The predicted molar refractivity (Wildman–Crippen MR) is 267 cm³/mol. The van der Waals surface area contributed by atoms with Crippen LogP contribution in [0.15, 0.2) is 80.3 Å². The third-order valence-electron chi connectivity index (χ3n) is 12.4. The number of nitrogens with two attached hydrogens (primary N) is 2. The van der Waals surface area contributed by atoms with Gasteiger partial charge in [0, 0.05) is 79.9 Å². The Labute approximate surface area is 443 Å². The number of nitrogens with zero attached hydrogens (tertiary/aromatic N) is 8. The molecule has 4 atom stereocenters. The van der Waals surface area contributed by atoms with Gasteiger partial charge in [-0.3, -0.25) is 37.4 Å². The maximum atomic E-state index is 13.0. The van der Waals surface area contributed by atoms with Crippen LogP contribution >= 0.6 is 46.2 Å². The number of carboxylic acid groups (broad SMARTS) is 2. The van der Waals surface area contributed by atoms with Crippen LogP contribution in [0, 0.1) is 0 Å². The first-order valence-corrected chi connectivity index (χ1v) is 27.7. The van der Waals surface area contributed by atoms with E-state index in [1.807, 2.05) is 24.5 Å². The van der Waals surface area contributed by atoms with E-state index >= 15 is 0 Å².